The van der Waals surface area contributed by atoms with Crippen LogP contribution in [0.5, 0.6) is 0 Å². The Morgan fingerprint density at radius 1 is 1.02 bits per heavy atom. The number of aliphatic hydroxyl groups is 1. The summed E-state index contributed by atoms with van der Waals surface area (Å²) in [6, 6.07) is 12.9. The van der Waals surface area contributed by atoms with Gasteiger partial charge in [-0.2, -0.15) is 9.21 Å². The summed E-state index contributed by atoms with van der Waals surface area (Å²) in [6.45, 7) is 7.88. The molecule has 0 aliphatic carbocycles. The lowest BCUT2D eigenvalue weighted by Gasteiger charge is -2.33. The summed E-state index contributed by atoms with van der Waals surface area (Å²) in [5.41, 5.74) is 2.10. The third-order valence-electron chi connectivity index (χ3n) is 8.25. The van der Waals surface area contributed by atoms with Crippen LogP contribution in [0.3, 0.4) is 0 Å². The van der Waals surface area contributed by atoms with Gasteiger partial charge in [-0.15, -0.1) is 11.3 Å². The molecular formula is C35H50N6O7S2. The molecule has 0 spiro atoms. The maximum absolute atomic E-state index is 14.0. The van der Waals surface area contributed by atoms with E-state index in [0.717, 1.165) is 10.6 Å². The van der Waals surface area contributed by atoms with Crippen molar-refractivity contribution in [2.24, 2.45) is 17.0 Å². The van der Waals surface area contributed by atoms with E-state index in [-0.39, 0.29) is 49.3 Å². The lowest BCUT2D eigenvalue weighted by Crippen LogP contribution is -2.58. The van der Waals surface area contributed by atoms with Gasteiger partial charge in [-0.1, -0.05) is 81.8 Å². The fraction of sp³-hybridized carbons (Fsp3) is 0.514. The molecule has 0 aliphatic rings. The number of rotatable bonds is 20. The Kier molecular flexibility index (Phi) is 15.9. The minimum atomic E-state index is -4.07. The van der Waals surface area contributed by atoms with Crippen molar-refractivity contribution in [3.05, 3.63) is 86.7 Å². The average Bonchev–Trinajstić information content (AvgIpc) is 3.53. The predicted molar refractivity (Wildman–Crippen MR) is 194 cm³/mol. The second kappa shape index (κ2) is 19.6. The minimum Gasteiger partial charge on any atom is -0.390 e. The van der Waals surface area contributed by atoms with E-state index in [1.54, 1.807) is 14.2 Å². The van der Waals surface area contributed by atoms with Crippen LogP contribution in [0.1, 0.15) is 55.9 Å². The van der Waals surface area contributed by atoms with Gasteiger partial charge in [-0.25, -0.2) is 18.2 Å². The Bertz CT molecular complexity index is 1620. The molecule has 3 N–H and O–H groups in total. The van der Waals surface area contributed by atoms with Gasteiger partial charge in [0.15, 0.2) is 0 Å². The molecule has 2 aromatic carbocycles. The summed E-state index contributed by atoms with van der Waals surface area (Å²) < 4.78 is 34.0. The van der Waals surface area contributed by atoms with Gasteiger partial charge in [0.2, 0.25) is 15.9 Å². The van der Waals surface area contributed by atoms with Crippen molar-refractivity contribution in [3.8, 4) is 0 Å². The van der Waals surface area contributed by atoms with Gasteiger partial charge in [0, 0.05) is 32.6 Å². The molecule has 0 unspecified atom stereocenters. The van der Waals surface area contributed by atoms with Crippen LogP contribution in [-0.2, 0) is 45.7 Å². The molecule has 0 saturated heterocycles. The minimum absolute atomic E-state index is 0.0138. The molecule has 50 heavy (non-hydrogen) atoms. The monoisotopic (exact) mass is 730 g/mol. The number of carbonyl (C=O) groups is 2. The summed E-state index contributed by atoms with van der Waals surface area (Å²) in [4.78, 5) is 43.9. The lowest BCUT2D eigenvalue weighted by molar-refractivity contribution is -0.125. The zero-order chi connectivity index (χ0) is 36.8. The van der Waals surface area contributed by atoms with Crippen molar-refractivity contribution in [1.82, 2.24) is 24.8 Å². The number of nitrogens with one attached hydrogen (secondary N) is 2. The molecule has 274 valence electrons. The number of benzene rings is 2. The molecule has 1 aromatic heterocycles. The molecule has 13 nitrogen and oxygen atoms in total. The molecule has 3 rings (SSSR count). The highest BCUT2D eigenvalue weighted by Crippen LogP contribution is 2.21. The number of hydrogen-bond donors (Lipinski definition) is 3. The molecule has 15 heteroatoms. The number of thiazole rings is 1. The normalized spacial score (nSPS) is 14.2. The number of aliphatic hydroxyl groups excluding tert-OH is 1. The maximum Gasteiger partial charge on any atom is 0.318 e. The summed E-state index contributed by atoms with van der Waals surface area (Å²) in [7, 11) is -0.859. The zero-order valence-electron chi connectivity index (χ0n) is 29.6. The summed E-state index contributed by atoms with van der Waals surface area (Å²) >= 11 is 1.44. The average molecular weight is 731 g/mol. The quantitative estimate of drug-likeness (QED) is 0.142. The molecule has 0 bridgehead atoms. The SMILES string of the molecule is CC[C@H](C)[C@H](NC(=O)N(C)Cc1csc(COC)n1)C(=O)N[C@@H](Cc1ccccc1)[C@H](O)CN(CC(C)C)S(=O)(=O)c1ccc(CN=O)cc1. The lowest BCUT2D eigenvalue weighted by atomic mass is 9.96. The van der Waals surface area contributed by atoms with Gasteiger partial charge in [-0.3, -0.25) is 4.79 Å². The smallest absolute Gasteiger partial charge is 0.318 e. The number of aromatic nitrogens is 1. The third-order valence-corrected chi connectivity index (χ3v) is 11.0. The number of nitroso groups, excluding NO2 is 1. The van der Waals surface area contributed by atoms with E-state index < -0.39 is 40.1 Å². The van der Waals surface area contributed by atoms with Crippen molar-refractivity contribution in [1.29, 1.82) is 0 Å². The Morgan fingerprint density at radius 2 is 1.70 bits per heavy atom. The molecule has 1 heterocycles. The largest absolute Gasteiger partial charge is 0.390 e. The van der Waals surface area contributed by atoms with E-state index in [4.69, 9.17) is 4.74 Å². The summed E-state index contributed by atoms with van der Waals surface area (Å²) in [5, 5.41) is 23.0. The van der Waals surface area contributed by atoms with E-state index in [2.05, 4.69) is 20.8 Å². The van der Waals surface area contributed by atoms with Gasteiger partial charge in [0.1, 0.15) is 17.6 Å². The number of ether oxygens (including phenoxy) is 1. The topological polar surface area (TPSA) is 171 Å². The number of urea groups is 1. The van der Waals surface area contributed by atoms with Crippen LogP contribution in [0.2, 0.25) is 0 Å². The molecule has 0 fully saturated rings. The number of amides is 3. The summed E-state index contributed by atoms with van der Waals surface area (Å²) in [5.74, 6) is -0.824. The van der Waals surface area contributed by atoms with Crippen molar-refractivity contribution in [3.63, 3.8) is 0 Å². The first-order chi connectivity index (χ1) is 23.8. The highest BCUT2D eigenvalue weighted by molar-refractivity contribution is 7.89. The van der Waals surface area contributed by atoms with Crippen molar-refractivity contribution in [2.75, 3.05) is 27.2 Å². The molecule has 3 amide bonds. The number of sulfonamides is 1. The highest BCUT2D eigenvalue weighted by atomic mass is 32.2. The molecule has 4 atom stereocenters. The van der Waals surface area contributed by atoms with Crippen LogP contribution in [0.25, 0.3) is 0 Å². The number of carbonyl (C=O) groups excluding carboxylic acids is 2. The van der Waals surface area contributed by atoms with Gasteiger partial charge in [-0.05, 0) is 41.5 Å². The number of nitrogens with zero attached hydrogens (tertiary/aromatic N) is 4. The van der Waals surface area contributed by atoms with Crippen LogP contribution in [0, 0.1) is 16.7 Å². The Hall–Kier alpha value is -3.76. The van der Waals surface area contributed by atoms with Gasteiger partial charge >= 0.3 is 6.03 Å². The standard InChI is InChI=1S/C35H50N6O7S2/c1-7-25(4)33(39-35(44)40(5)20-28-23-49-32(37-28)22-48-6)34(43)38-30(17-26-11-9-8-10-12-26)31(42)21-41(19-24(2)3)50(46,47)29-15-13-27(14-16-29)18-36-45/h8-16,23-25,30-31,33,42H,7,17-22H2,1-6H3,(H,38,43)(H,39,44)/t25-,30-,31+,33-/m0/s1. The Morgan fingerprint density at radius 3 is 2.30 bits per heavy atom. The van der Waals surface area contributed by atoms with Gasteiger partial charge in [0.05, 0.1) is 35.9 Å². The van der Waals surface area contributed by atoms with Crippen LogP contribution in [0.4, 0.5) is 4.79 Å². The number of hydrogen-bond acceptors (Lipinski definition) is 10. The van der Waals surface area contributed by atoms with E-state index in [1.807, 2.05) is 63.4 Å². The summed E-state index contributed by atoms with van der Waals surface area (Å²) in [6.07, 6.45) is -0.512. The number of methoxy groups -OCH3 is 1. The molecular weight excluding hydrogens is 681 g/mol. The first kappa shape index (κ1) is 40.7. The van der Waals surface area contributed by atoms with E-state index in [0.29, 0.717) is 24.3 Å². The molecule has 0 saturated carbocycles. The van der Waals surface area contributed by atoms with Crippen LogP contribution in [0.15, 0.2) is 70.0 Å². The first-order valence-corrected chi connectivity index (χ1v) is 18.9. The van der Waals surface area contributed by atoms with Crippen LogP contribution in [-0.4, -0.2) is 85.1 Å². The fourth-order valence-electron chi connectivity index (χ4n) is 5.30. The van der Waals surface area contributed by atoms with E-state index >= 15 is 0 Å². The van der Waals surface area contributed by atoms with E-state index in [9.17, 15) is 28.0 Å². The highest BCUT2D eigenvalue weighted by Gasteiger charge is 2.34. The molecule has 3 aromatic rings. The first-order valence-electron chi connectivity index (χ1n) is 16.6. The van der Waals surface area contributed by atoms with Crippen molar-refractivity contribution >= 4 is 33.3 Å². The Balaban J connectivity index is 1.84. The van der Waals surface area contributed by atoms with Crippen LogP contribution < -0.4 is 10.6 Å². The maximum atomic E-state index is 14.0. The Labute approximate surface area is 299 Å². The van der Waals surface area contributed by atoms with Gasteiger partial charge < -0.3 is 25.4 Å². The molecule has 0 radical (unpaired) electrons. The molecule has 0 aliphatic heterocycles. The van der Waals surface area contributed by atoms with Crippen molar-refractivity contribution in [2.45, 2.75) is 83.3 Å². The van der Waals surface area contributed by atoms with Crippen LogP contribution >= 0.6 is 11.3 Å². The van der Waals surface area contributed by atoms with Gasteiger partial charge in [0.25, 0.3) is 0 Å². The predicted octanol–water partition coefficient (Wildman–Crippen LogP) is 4.55. The second-order valence-electron chi connectivity index (χ2n) is 12.9. The fourth-order valence-corrected chi connectivity index (χ4v) is 7.68. The van der Waals surface area contributed by atoms with E-state index in [1.165, 1.54) is 44.8 Å². The zero-order valence-corrected chi connectivity index (χ0v) is 31.2. The third kappa shape index (κ3) is 11.9. The second-order valence-corrected chi connectivity index (χ2v) is 15.7. The van der Waals surface area contributed by atoms with Crippen molar-refractivity contribution < 1.29 is 27.9 Å².